The lowest BCUT2D eigenvalue weighted by atomic mass is 9.82. The van der Waals surface area contributed by atoms with Gasteiger partial charge >= 0.3 is 0 Å². The van der Waals surface area contributed by atoms with E-state index in [4.69, 9.17) is 4.74 Å². The molecule has 1 aliphatic rings. The van der Waals surface area contributed by atoms with Crippen molar-refractivity contribution < 1.29 is 4.74 Å². The highest BCUT2D eigenvalue weighted by Gasteiger charge is 2.26. The van der Waals surface area contributed by atoms with Gasteiger partial charge in [-0.15, -0.1) is 0 Å². The van der Waals surface area contributed by atoms with E-state index in [0.29, 0.717) is 5.41 Å². The van der Waals surface area contributed by atoms with Gasteiger partial charge in [0.1, 0.15) is 0 Å². The Labute approximate surface area is 103 Å². The molecular weight excluding hydrogens is 214 g/mol. The van der Waals surface area contributed by atoms with E-state index in [2.05, 4.69) is 24.3 Å². The van der Waals surface area contributed by atoms with Crippen LogP contribution in [0.25, 0.3) is 0 Å². The van der Waals surface area contributed by atoms with Gasteiger partial charge in [0, 0.05) is 44.6 Å². The first kappa shape index (κ1) is 12.6. The third kappa shape index (κ3) is 3.07. The molecule has 0 atom stereocenters. The normalized spacial score (nSPS) is 19.5. The second-order valence-electron chi connectivity index (χ2n) is 5.41. The summed E-state index contributed by atoms with van der Waals surface area (Å²) in [4.78, 5) is 0. The summed E-state index contributed by atoms with van der Waals surface area (Å²) in [5, 5.41) is 7.81. The predicted molar refractivity (Wildman–Crippen MR) is 67.8 cm³/mol. The number of nitrogens with one attached hydrogen (secondary N) is 1. The molecule has 0 saturated carbocycles. The monoisotopic (exact) mass is 237 g/mol. The van der Waals surface area contributed by atoms with E-state index >= 15 is 0 Å². The van der Waals surface area contributed by atoms with Gasteiger partial charge in [-0.2, -0.15) is 5.10 Å². The van der Waals surface area contributed by atoms with Crippen molar-refractivity contribution in [3.05, 3.63) is 17.5 Å². The molecule has 0 amide bonds. The molecule has 1 aliphatic heterocycles. The van der Waals surface area contributed by atoms with Gasteiger partial charge in [-0.1, -0.05) is 6.92 Å². The van der Waals surface area contributed by atoms with E-state index in [1.54, 1.807) is 0 Å². The van der Waals surface area contributed by atoms with E-state index in [0.717, 1.165) is 39.1 Å². The number of rotatable bonds is 4. The molecule has 2 heterocycles. The number of aromatic nitrogens is 2. The van der Waals surface area contributed by atoms with Crippen molar-refractivity contribution in [2.24, 2.45) is 12.5 Å². The van der Waals surface area contributed by atoms with Crippen molar-refractivity contribution in [1.82, 2.24) is 15.1 Å². The summed E-state index contributed by atoms with van der Waals surface area (Å²) in [7, 11) is 1.98. The molecule has 0 spiro atoms. The largest absolute Gasteiger partial charge is 0.381 e. The van der Waals surface area contributed by atoms with Crippen molar-refractivity contribution in [2.75, 3.05) is 19.8 Å². The molecule has 1 aromatic rings. The lowest BCUT2D eigenvalue weighted by molar-refractivity contribution is 0.0240. The summed E-state index contributed by atoms with van der Waals surface area (Å²) >= 11 is 0. The fraction of sp³-hybridized carbons (Fsp3) is 0.769. The minimum Gasteiger partial charge on any atom is -0.381 e. The molecule has 1 N–H and O–H groups in total. The zero-order chi connectivity index (χ0) is 12.3. The topological polar surface area (TPSA) is 39.1 Å². The Morgan fingerprint density at radius 3 is 2.76 bits per heavy atom. The molecule has 4 heteroatoms. The number of hydrogen-bond donors (Lipinski definition) is 1. The van der Waals surface area contributed by atoms with E-state index < -0.39 is 0 Å². The van der Waals surface area contributed by atoms with Gasteiger partial charge in [-0.3, -0.25) is 4.68 Å². The van der Waals surface area contributed by atoms with Crippen LogP contribution in [0, 0.1) is 12.3 Å². The quantitative estimate of drug-likeness (QED) is 0.865. The van der Waals surface area contributed by atoms with E-state index in [9.17, 15) is 0 Å². The molecule has 0 aromatic carbocycles. The van der Waals surface area contributed by atoms with Crippen molar-refractivity contribution >= 4 is 0 Å². The fourth-order valence-corrected chi connectivity index (χ4v) is 2.26. The smallest absolute Gasteiger partial charge is 0.0537 e. The van der Waals surface area contributed by atoms with E-state index in [-0.39, 0.29) is 0 Å². The Bertz CT molecular complexity index is 367. The van der Waals surface area contributed by atoms with Crippen molar-refractivity contribution in [1.29, 1.82) is 0 Å². The second kappa shape index (κ2) is 5.19. The summed E-state index contributed by atoms with van der Waals surface area (Å²) in [5.41, 5.74) is 2.94. The Hall–Kier alpha value is -0.870. The molecule has 96 valence electrons. The average Bonchev–Trinajstić information content (AvgIpc) is 2.62. The maximum atomic E-state index is 5.41. The molecule has 4 nitrogen and oxygen atoms in total. The van der Waals surface area contributed by atoms with Gasteiger partial charge in [-0.25, -0.2) is 0 Å². The molecule has 0 bridgehead atoms. The summed E-state index contributed by atoms with van der Waals surface area (Å²) in [5.74, 6) is 0. The average molecular weight is 237 g/mol. The molecule has 2 rings (SSSR count). The van der Waals surface area contributed by atoms with Crippen LogP contribution in [0.3, 0.4) is 0 Å². The summed E-state index contributed by atoms with van der Waals surface area (Å²) in [6, 6.07) is 0. The lowest BCUT2D eigenvalue weighted by Crippen LogP contribution is -2.36. The van der Waals surface area contributed by atoms with Crippen molar-refractivity contribution in [3.8, 4) is 0 Å². The maximum Gasteiger partial charge on any atom is 0.0537 e. The van der Waals surface area contributed by atoms with Crippen LogP contribution in [0.2, 0.25) is 0 Å². The van der Waals surface area contributed by atoms with Crippen LogP contribution in [0.5, 0.6) is 0 Å². The van der Waals surface area contributed by atoms with Gasteiger partial charge in [0.05, 0.1) is 6.20 Å². The zero-order valence-electron chi connectivity index (χ0n) is 11.1. The second-order valence-corrected chi connectivity index (χ2v) is 5.41. The van der Waals surface area contributed by atoms with Gasteiger partial charge in [0.25, 0.3) is 0 Å². The molecule has 0 radical (unpaired) electrons. The molecule has 0 aliphatic carbocycles. The summed E-state index contributed by atoms with van der Waals surface area (Å²) in [6.45, 7) is 8.24. The number of nitrogens with zero attached hydrogens (tertiary/aromatic N) is 2. The third-order valence-electron chi connectivity index (χ3n) is 3.90. The zero-order valence-corrected chi connectivity index (χ0v) is 11.1. The van der Waals surface area contributed by atoms with Crippen LogP contribution in [0.4, 0.5) is 0 Å². The molecule has 1 saturated heterocycles. The Balaban J connectivity index is 1.81. The van der Waals surface area contributed by atoms with Crippen molar-refractivity contribution in [3.63, 3.8) is 0 Å². The SMILES string of the molecule is Cc1c(CNCC2(C)CCOCC2)cnn1C. The van der Waals surface area contributed by atoms with Crippen LogP contribution < -0.4 is 5.32 Å². The molecule has 17 heavy (non-hydrogen) atoms. The first-order valence-electron chi connectivity index (χ1n) is 6.37. The van der Waals surface area contributed by atoms with E-state index in [1.807, 2.05) is 17.9 Å². The minimum absolute atomic E-state index is 0.397. The lowest BCUT2D eigenvalue weighted by Gasteiger charge is -2.33. The van der Waals surface area contributed by atoms with Gasteiger partial charge in [0.2, 0.25) is 0 Å². The molecule has 1 aromatic heterocycles. The van der Waals surface area contributed by atoms with E-state index in [1.165, 1.54) is 11.3 Å². The minimum atomic E-state index is 0.397. The molecule has 0 unspecified atom stereocenters. The Morgan fingerprint density at radius 2 is 2.18 bits per heavy atom. The predicted octanol–water partition coefficient (Wildman–Crippen LogP) is 1.63. The third-order valence-corrected chi connectivity index (χ3v) is 3.90. The van der Waals surface area contributed by atoms with Gasteiger partial charge in [0.15, 0.2) is 0 Å². The van der Waals surface area contributed by atoms with Gasteiger partial charge < -0.3 is 10.1 Å². The maximum absolute atomic E-state index is 5.41. The summed E-state index contributed by atoms with van der Waals surface area (Å²) in [6.07, 6.45) is 4.27. The Morgan fingerprint density at radius 1 is 1.47 bits per heavy atom. The number of ether oxygens (including phenoxy) is 1. The first-order valence-corrected chi connectivity index (χ1v) is 6.37. The highest BCUT2D eigenvalue weighted by molar-refractivity contribution is 5.15. The van der Waals surface area contributed by atoms with Crippen molar-refractivity contribution in [2.45, 2.75) is 33.2 Å². The first-order chi connectivity index (χ1) is 8.11. The number of hydrogen-bond acceptors (Lipinski definition) is 3. The van der Waals surface area contributed by atoms with Crippen LogP contribution >= 0.6 is 0 Å². The Kier molecular flexibility index (Phi) is 3.84. The highest BCUT2D eigenvalue weighted by Crippen LogP contribution is 2.28. The fourth-order valence-electron chi connectivity index (χ4n) is 2.26. The standard InChI is InChI=1S/C13H23N3O/c1-11-12(9-15-16(11)3)8-14-10-13(2)4-6-17-7-5-13/h9,14H,4-8,10H2,1-3H3. The van der Waals surface area contributed by atoms with Gasteiger partial charge in [-0.05, 0) is 25.2 Å². The highest BCUT2D eigenvalue weighted by atomic mass is 16.5. The van der Waals surface area contributed by atoms with Crippen LogP contribution in [0.15, 0.2) is 6.20 Å². The number of aryl methyl sites for hydroxylation is 1. The van der Waals surface area contributed by atoms with Crippen LogP contribution in [-0.2, 0) is 18.3 Å². The van der Waals surface area contributed by atoms with Crippen LogP contribution in [-0.4, -0.2) is 29.5 Å². The molecular formula is C13H23N3O. The molecule has 1 fully saturated rings. The summed E-state index contributed by atoms with van der Waals surface area (Å²) < 4.78 is 7.33. The van der Waals surface area contributed by atoms with Crippen LogP contribution in [0.1, 0.15) is 31.0 Å².